The quantitative estimate of drug-likeness (QED) is 0.341. The Kier molecular flexibility index (Phi) is 5.90. The summed E-state index contributed by atoms with van der Waals surface area (Å²) in [5, 5.41) is 6.92. The van der Waals surface area contributed by atoms with Crippen LogP contribution in [0.15, 0.2) is 72.9 Å². The van der Waals surface area contributed by atoms with E-state index in [1.165, 1.54) is 33.4 Å². The van der Waals surface area contributed by atoms with Gasteiger partial charge in [-0.25, -0.2) is 0 Å². The highest BCUT2D eigenvalue weighted by Crippen LogP contribution is 2.42. The van der Waals surface area contributed by atoms with Crippen LogP contribution < -0.4 is 5.32 Å². The van der Waals surface area contributed by atoms with Gasteiger partial charge in [0, 0.05) is 29.5 Å². The number of hydrogen-bond donors (Lipinski definition) is 1. The summed E-state index contributed by atoms with van der Waals surface area (Å²) in [5.41, 5.74) is 6.03. The summed E-state index contributed by atoms with van der Waals surface area (Å²) in [5.74, 6) is 0. The molecule has 5 rings (SSSR count). The van der Waals surface area contributed by atoms with Gasteiger partial charge in [0.2, 0.25) is 0 Å². The molecule has 0 amide bonds. The molecule has 0 spiro atoms. The Hall–Kier alpha value is -3.18. The van der Waals surface area contributed by atoms with E-state index >= 15 is 0 Å². The molecule has 1 aliphatic heterocycles. The number of benzene rings is 2. The van der Waals surface area contributed by atoms with Crippen LogP contribution in [-0.4, -0.2) is 26.1 Å². The Bertz CT molecular complexity index is 1290. The number of aryl methyl sites for hydroxylation is 1. The van der Waals surface area contributed by atoms with Crippen molar-refractivity contribution in [3.63, 3.8) is 0 Å². The zero-order valence-corrected chi connectivity index (χ0v) is 20.3. The van der Waals surface area contributed by atoms with Crippen molar-refractivity contribution in [3.05, 3.63) is 95.6 Å². The zero-order valence-electron chi connectivity index (χ0n) is 19.5. The number of nitrogens with one attached hydrogen (secondary N) is 1. The second kappa shape index (κ2) is 8.99. The molecule has 2 atom stereocenters. The van der Waals surface area contributed by atoms with Crippen LogP contribution in [0, 0.1) is 13.8 Å². The maximum absolute atomic E-state index is 5.83. The zero-order chi connectivity index (χ0) is 22.9. The van der Waals surface area contributed by atoms with Crippen molar-refractivity contribution in [1.82, 2.24) is 19.8 Å². The number of thiocarbonyl (C=S) groups is 1. The highest BCUT2D eigenvalue weighted by Gasteiger charge is 2.41. The number of aromatic nitrogens is 2. The van der Waals surface area contributed by atoms with Gasteiger partial charge in [-0.1, -0.05) is 55.8 Å². The molecule has 0 aliphatic carbocycles. The predicted octanol–water partition coefficient (Wildman–Crippen LogP) is 6.41. The van der Waals surface area contributed by atoms with Gasteiger partial charge in [0.1, 0.15) is 0 Å². The van der Waals surface area contributed by atoms with Gasteiger partial charge in [-0.15, -0.1) is 0 Å². The van der Waals surface area contributed by atoms with Crippen LogP contribution in [0.1, 0.15) is 54.5 Å². The number of nitrogens with zero attached hydrogens (tertiary/aromatic N) is 3. The average Bonchev–Trinajstić information content (AvgIpc) is 3.32. The highest BCUT2D eigenvalue weighted by molar-refractivity contribution is 7.80. The van der Waals surface area contributed by atoms with E-state index in [1.54, 1.807) is 0 Å². The second-order valence-electron chi connectivity index (χ2n) is 8.83. The van der Waals surface area contributed by atoms with E-state index < -0.39 is 0 Å². The van der Waals surface area contributed by atoms with Gasteiger partial charge in [0.05, 0.1) is 23.5 Å². The maximum atomic E-state index is 5.83. The summed E-state index contributed by atoms with van der Waals surface area (Å²) in [7, 11) is 0. The van der Waals surface area contributed by atoms with Gasteiger partial charge < -0.3 is 14.8 Å². The summed E-state index contributed by atoms with van der Waals surface area (Å²) in [6, 6.07) is 23.7. The summed E-state index contributed by atoms with van der Waals surface area (Å²) >= 11 is 5.83. The number of fused-ring (bicyclic) bond motifs is 1. The van der Waals surface area contributed by atoms with Gasteiger partial charge in [-0.05, 0) is 67.7 Å². The Labute approximate surface area is 201 Å². The van der Waals surface area contributed by atoms with Crippen LogP contribution in [0.5, 0.6) is 0 Å². The first-order chi connectivity index (χ1) is 16.1. The number of unbranched alkanes of at least 4 members (excludes halogenated alkanes) is 1. The fourth-order valence-corrected chi connectivity index (χ4v) is 5.51. The predicted molar refractivity (Wildman–Crippen MR) is 140 cm³/mol. The van der Waals surface area contributed by atoms with E-state index in [0.29, 0.717) is 0 Å². The van der Waals surface area contributed by atoms with Crippen molar-refractivity contribution in [2.24, 2.45) is 0 Å². The van der Waals surface area contributed by atoms with Crippen LogP contribution in [0.3, 0.4) is 0 Å². The van der Waals surface area contributed by atoms with Gasteiger partial charge in [-0.2, -0.15) is 0 Å². The van der Waals surface area contributed by atoms with Gasteiger partial charge in [0.15, 0.2) is 5.11 Å². The minimum Gasteiger partial charge on any atom is -0.352 e. The lowest BCUT2D eigenvalue weighted by molar-refractivity contribution is 0.312. The minimum absolute atomic E-state index is 0.0250. The van der Waals surface area contributed by atoms with Crippen LogP contribution in [0.25, 0.3) is 16.5 Å². The molecule has 2 aromatic carbocycles. The molecule has 0 unspecified atom stereocenters. The maximum Gasteiger partial charge on any atom is 0.170 e. The van der Waals surface area contributed by atoms with E-state index in [9.17, 15) is 0 Å². The molecule has 0 saturated carbocycles. The largest absolute Gasteiger partial charge is 0.352 e. The molecule has 0 radical (unpaired) electrons. The van der Waals surface area contributed by atoms with Crippen molar-refractivity contribution in [2.45, 2.75) is 45.7 Å². The Morgan fingerprint density at radius 3 is 2.58 bits per heavy atom. The van der Waals surface area contributed by atoms with E-state index in [4.69, 9.17) is 12.2 Å². The molecular weight excluding hydrogens is 424 g/mol. The molecule has 1 fully saturated rings. The standard InChI is InChI=1S/C28H30N4S/c1-4-5-17-31-27(26(30-28(31)33)24-14-8-9-16-29-24)23-18-19(2)32(20(23)3)25-15-10-12-21-11-6-7-13-22(21)25/h6-16,18,26-27H,4-5,17H2,1-3H3,(H,30,33)/t26-,27+/m0/s1. The molecule has 1 aliphatic rings. The van der Waals surface area contributed by atoms with Crippen molar-refractivity contribution in [1.29, 1.82) is 0 Å². The Balaban J connectivity index is 1.66. The first-order valence-electron chi connectivity index (χ1n) is 11.7. The number of pyridine rings is 1. The van der Waals surface area contributed by atoms with E-state index in [0.717, 1.165) is 30.2 Å². The van der Waals surface area contributed by atoms with Crippen molar-refractivity contribution in [3.8, 4) is 5.69 Å². The summed E-state index contributed by atoms with van der Waals surface area (Å²) in [6.45, 7) is 7.60. The lowest BCUT2D eigenvalue weighted by Gasteiger charge is -2.28. The molecule has 1 N–H and O–H groups in total. The molecule has 3 heterocycles. The first-order valence-corrected chi connectivity index (χ1v) is 12.2. The molecule has 1 saturated heterocycles. The van der Waals surface area contributed by atoms with Crippen LogP contribution >= 0.6 is 12.2 Å². The monoisotopic (exact) mass is 454 g/mol. The van der Waals surface area contributed by atoms with Crippen molar-refractivity contribution >= 4 is 28.1 Å². The van der Waals surface area contributed by atoms with Crippen LogP contribution in [0.4, 0.5) is 0 Å². The fraction of sp³-hybridized carbons (Fsp3) is 0.286. The molecule has 33 heavy (non-hydrogen) atoms. The second-order valence-corrected chi connectivity index (χ2v) is 9.22. The third-order valence-electron chi connectivity index (χ3n) is 6.75. The number of rotatable bonds is 6. The highest BCUT2D eigenvalue weighted by atomic mass is 32.1. The van der Waals surface area contributed by atoms with Crippen molar-refractivity contribution < 1.29 is 0 Å². The molecule has 0 bridgehead atoms. The van der Waals surface area contributed by atoms with Gasteiger partial charge in [0.25, 0.3) is 0 Å². The van der Waals surface area contributed by atoms with Gasteiger partial charge >= 0.3 is 0 Å². The number of hydrogen-bond acceptors (Lipinski definition) is 2. The molecular formula is C28H30N4S. The molecule has 4 nitrogen and oxygen atoms in total. The topological polar surface area (TPSA) is 33.1 Å². The third kappa shape index (κ3) is 3.80. The van der Waals surface area contributed by atoms with Crippen LogP contribution in [-0.2, 0) is 0 Å². The Morgan fingerprint density at radius 1 is 1.00 bits per heavy atom. The third-order valence-corrected chi connectivity index (χ3v) is 7.10. The lowest BCUT2D eigenvalue weighted by atomic mass is 9.96. The van der Waals surface area contributed by atoms with Crippen LogP contribution in [0.2, 0.25) is 0 Å². The Morgan fingerprint density at radius 2 is 1.79 bits per heavy atom. The average molecular weight is 455 g/mol. The van der Waals surface area contributed by atoms with E-state index in [1.807, 2.05) is 12.3 Å². The summed E-state index contributed by atoms with van der Waals surface area (Å²) in [4.78, 5) is 7.06. The minimum atomic E-state index is 0.0250. The smallest absolute Gasteiger partial charge is 0.170 e. The molecule has 168 valence electrons. The summed E-state index contributed by atoms with van der Waals surface area (Å²) < 4.78 is 2.40. The fourth-order valence-electron chi connectivity index (χ4n) is 5.17. The first kappa shape index (κ1) is 21.7. The SMILES string of the molecule is CCCCN1C(=S)N[C@@H](c2ccccn2)[C@H]1c1cc(C)n(-c2cccc3ccccc23)c1C. The molecule has 4 aromatic rings. The molecule has 5 heteroatoms. The lowest BCUT2D eigenvalue weighted by Crippen LogP contribution is -2.30. The van der Waals surface area contributed by atoms with E-state index in [2.05, 4.69) is 101 Å². The summed E-state index contributed by atoms with van der Waals surface area (Å²) in [6.07, 6.45) is 4.11. The van der Waals surface area contributed by atoms with E-state index in [-0.39, 0.29) is 12.1 Å². The normalized spacial score (nSPS) is 18.2. The van der Waals surface area contributed by atoms with Crippen molar-refractivity contribution in [2.75, 3.05) is 6.54 Å². The molecule has 2 aromatic heterocycles. The van der Waals surface area contributed by atoms with Gasteiger partial charge in [-0.3, -0.25) is 4.98 Å².